The molecule has 1 heteroatoms. The van der Waals surface area contributed by atoms with E-state index < -0.39 is 0 Å². The highest BCUT2D eigenvalue weighted by atomic mass is 19.1. The molecule has 2 aromatic carbocycles. The molecule has 0 amide bonds. The Morgan fingerprint density at radius 1 is 0.941 bits per heavy atom. The molecule has 1 unspecified atom stereocenters. The van der Waals surface area contributed by atoms with Crippen LogP contribution < -0.4 is 0 Å². The summed E-state index contributed by atoms with van der Waals surface area (Å²) >= 11 is 0. The van der Waals surface area contributed by atoms with Gasteiger partial charge < -0.3 is 0 Å². The van der Waals surface area contributed by atoms with E-state index in [4.69, 9.17) is 0 Å². The molecule has 2 aromatic rings. The minimum absolute atomic E-state index is 0.109. The lowest BCUT2D eigenvalue weighted by Crippen LogP contribution is -1.93. The van der Waals surface area contributed by atoms with Crippen LogP contribution in [0, 0.1) is 0 Å². The van der Waals surface area contributed by atoms with Crippen molar-refractivity contribution in [2.45, 2.75) is 12.8 Å². The van der Waals surface area contributed by atoms with Gasteiger partial charge in [0.2, 0.25) is 0 Å². The molecule has 0 radical (unpaired) electrons. The summed E-state index contributed by atoms with van der Waals surface area (Å²) in [7, 11) is 0. The summed E-state index contributed by atoms with van der Waals surface area (Å²) in [4.78, 5) is 0. The van der Waals surface area contributed by atoms with Gasteiger partial charge in [0.25, 0.3) is 0 Å². The molecule has 0 saturated heterocycles. The highest BCUT2D eigenvalue weighted by Crippen LogP contribution is 2.26. The summed E-state index contributed by atoms with van der Waals surface area (Å²) in [6.07, 6.45) is 1.59. The molecule has 0 aromatic heterocycles. The average molecular weight is 226 g/mol. The van der Waals surface area contributed by atoms with Gasteiger partial charge in [0.1, 0.15) is 5.83 Å². The van der Waals surface area contributed by atoms with Gasteiger partial charge in [-0.05, 0) is 17.2 Å². The van der Waals surface area contributed by atoms with Crippen molar-refractivity contribution in [2.75, 3.05) is 0 Å². The van der Waals surface area contributed by atoms with Crippen molar-refractivity contribution >= 4 is 6.08 Å². The monoisotopic (exact) mass is 226 g/mol. The molecule has 0 aliphatic rings. The van der Waals surface area contributed by atoms with Gasteiger partial charge in [0, 0.05) is 5.92 Å². The van der Waals surface area contributed by atoms with E-state index in [9.17, 15) is 4.39 Å². The van der Waals surface area contributed by atoms with Crippen molar-refractivity contribution in [1.29, 1.82) is 0 Å². The van der Waals surface area contributed by atoms with E-state index in [2.05, 4.69) is 0 Å². The maximum absolute atomic E-state index is 14.0. The lowest BCUT2D eigenvalue weighted by Gasteiger charge is -2.09. The number of rotatable bonds is 3. The molecule has 0 heterocycles. The van der Waals surface area contributed by atoms with Crippen molar-refractivity contribution < 1.29 is 4.39 Å². The van der Waals surface area contributed by atoms with Gasteiger partial charge in [-0.3, -0.25) is 0 Å². The Hall–Kier alpha value is -1.89. The number of halogens is 1. The second-order valence-corrected chi connectivity index (χ2v) is 4.07. The smallest absolute Gasteiger partial charge is 0.108 e. The first kappa shape index (κ1) is 11.6. The van der Waals surface area contributed by atoms with Crippen molar-refractivity contribution in [3.05, 3.63) is 77.6 Å². The summed E-state index contributed by atoms with van der Waals surface area (Å²) in [5, 5.41) is 0. The molecular formula is C16H15F. The normalized spacial score (nSPS) is 13.4. The first-order chi connectivity index (χ1) is 8.27. The number of hydrogen-bond acceptors (Lipinski definition) is 0. The zero-order valence-corrected chi connectivity index (χ0v) is 9.81. The van der Waals surface area contributed by atoms with Gasteiger partial charge in [-0.15, -0.1) is 0 Å². The van der Waals surface area contributed by atoms with Crippen molar-refractivity contribution in [1.82, 2.24) is 0 Å². The van der Waals surface area contributed by atoms with Gasteiger partial charge >= 0.3 is 0 Å². The van der Waals surface area contributed by atoms with E-state index >= 15 is 0 Å². The van der Waals surface area contributed by atoms with Gasteiger partial charge in [-0.1, -0.05) is 67.6 Å². The molecule has 0 aliphatic carbocycles. The first-order valence-corrected chi connectivity index (χ1v) is 5.74. The van der Waals surface area contributed by atoms with Crippen LogP contribution in [0.1, 0.15) is 24.0 Å². The Balaban J connectivity index is 2.21. The molecule has 0 N–H and O–H groups in total. The molecule has 0 spiro atoms. The Bertz CT molecular complexity index is 485. The molecule has 0 bridgehead atoms. The summed E-state index contributed by atoms with van der Waals surface area (Å²) in [5.41, 5.74) is 1.89. The minimum Gasteiger partial charge on any atom is -0.211 e. The van der Waals surface area contributed by atoms with Crippen LogP contribution in [0.15, 0.2) is 66.5 Å². The maximum atomic E-state index is 14.0. The third-order valence-electron chi connectivity index (χ3n) is 2.82. The molecule has 86 valence electrons. The van der Waals surface area contributed by atoms with Crippen LogP contribution in [0.25, 0.3) is 6.08 Å². The maximum Gasteiger partial charge on any atom is 0.108 e. The molecule has 17 heavy (non-hydrogen) atoms. The third-order valence-corrected chi connectivity index (χ3v) is 2.82. The fourth-order valence-electron chi connectivity index (χ4n) is 1.73. The molecule has 1 atom stereocenters. The van der Waals surface area contributed by atoms with E-state index in [1.54, 1.807) is 6.08 Å². The number of benzene rings is 2. The van der Waals surface area contributed by atoms with Crippen LogP contribution >= 0.6 is 0 Å². The van der Waals surface area contributed by atoms with E-state index in [0.717, 1.165) is 11.1 Å². The summed E-state index contributed by atoms with van der Waals surface area (Å²) in [6, 6.07) is 19.2. The van der Waals surface area contributed by atoms with Crippen LogP contribution in [0.5, 0.6) is 0 Å². The number of hydrogen-bond donors (Lipinski definition) is 0. The van der Waals surface area contributed by atoms with Crippen LogP contribution in [0.3, 0.4) is 0 Å². The predicted octanol–water partition coefficient (Wildman–Crippen LogP) is 4.80. The van der Waals surface area contributed by atoms with Gasteiger partial charge in [0.05, 0.1) is 0 Å². The fraction of sp³-hybridized carbons (Fsp3) is 0.125. The summed E-state index contributed by atoms with van der Waals surface area (Å²) < 4.78 is 14.0. The SMILES string of the molecule is CC(/C(F)=C\c1ccccc1)c1ccccc1. The highest BCUT2D eigenvalue weighted by Gasteiger charge is 2.10. The van der Waals surface area contributed by atoms with E-state index in [0.29, 0.717) is 0 Å². The van der Waals surface area contributed by atoms with E-state index in [1.807, 2.05) is 67.6 Å². The van der Waals surface area contributed by atoms with E-state index in [-0.39, 0.29) is 11.7 Å². The Morgan fingerprint density at radius 2 is 1.47 bits per heavy atom. The lowest BCUT2D eigenvalue weighted by molar-refractivity contribution is 0.572. The van der Waals surface area contributed by atoms with Crippen molar-refractivity contribution in [3.63, 3.8) is 0 Å². The average Bonchev–Trinajstić information content (AvgIpc) is 2.40. The lowest BCUT2D eigenvalue weighted by atomic mass is 9.99. The largest absolute Gasteiger partial charge is 0.211 e. The van der Waals surface area contributed by atoms with Gasteiger partial charge in [-0.2, -0.15) is 0 Å². The van der Waals surface area contributed by atoms with Crippen molar-refractivity contribution in [2.24, 2.45) is 0 Å². The van der Waals surface area contributed by atoms with Crippen LogP contribution in [0.2, 0.25) is 0 Å². The first-order valence-electron chi connectivity index (χ1n) is 5.74. The molecule has 0 fully saturated rings. The molecule has 0 aliphatic heterocycles. The molecule has 0 nitrogen and oxygen atoms in total. The van der Waals surface area contributed by atoms with Gasteiger partial charge in [-0.25, -0.2) is 4.39 Å². The summed E-state index contributed by atoms with van der Waals surface area (Å²) in [5.74, 6) is -0.307. The van der Waals surface area contributed by atoms with Gasteiger partial charge in [0.15, 0.2) is 0 Å². The van der Waals surface area contributed by atoms with Crippen molar-refractivity contribution in [3.8, 4) is 0 Å². The zero-order chi connectivity index (χ0) is 12.1. The predicted molar refractivity (Wildman–Crippen MR) is 70.4 cm³/mol. The van der Waals surface area contributed by atoms with Crippen LogP contribution in [0.4, 0.5) is 4.39 Å². The standard InChI is InChI=1S/C16H15F/c1-13(15-10-6-3-7-11-15)16(17)12-14-8-4-2-5-9-14/h2-13H,1H3/b16-12+. The number of allylic oxidation sites excluding steroid dienone is 1. The Kier molecular flexibility index (Phi) is 3.71. The van der Waals surface area contributed by atoms with Crippen LogP contribution in [-0.4, -0.2) is 0 Å². The molecular weight excluding hydrogens is 211 g/mol. The van der Waals surface area contributed by atoms with E-state index in [1.165, 1.54) is 0 Å². The Morgan fingerprint density at radius 3 is 2.06 bits per heavy atom. The summed E-state index contributed by atoms with van der Waals surface area (Å²) in [6.45, 7) is 1.88. The topological polar surface area (TPSA) is 0 Å². The molecule has 2 rings (SSSR count). The molecule has 0 saturated carbocycles. The van der Waals surface area contributed by atoms with Crippen LogP contribution in [-0.2, 0) is 0 Å². The Labute approximate surface area is 101 Å². The third kappa shape index (κ3) is 3.04. The fourth-order valence-corrected chi connectivity index (χ4v) is 1.73. The second kappa shape index (κ2) is 5.44. The zero-order valence-electron chi connectivity index (χ0n) is 9.81. The highest BCUT2D eigenvalue weighted by molar-refractivity contribution is 5.52. The quantitative estimate of drug-likeness (QED) is 0.705. The minimum atomic E-state index is -0.198. The second-order valence-electron chi connectivity index (χ2n) is 4.07.